The second-order valence-corrected chi connectivity index (χ2v) is 4.83. The smallest absolute Gasteiger partial charge is 0.317 e. The van der Waals surface area contributed by atoms with Crippen molar-refractivity contribution in [3.05, 3.63) is 0 Å². The summed E-state index contributed by atoms with van der Waals surface area (Å²) in [5, 5.41) is 9.03. The van der Waals surface area contributed by atoms with E-state index in [2.05, 4.69) is 4.90 Å². The van der Waals surface area contributed by atoms with Crippen LogP contribution in [0.25, 0.3) is 0 Å². The first-order valence-corrected chi connectivity index (χ1v) is 5.52. The van der Waals surface area contributed by atoms with Gasteiger partial charge in [0, 0.05) is 5.92 Å². The summed E-state index contributed by atoms with van der Waals surface area (Å²) in [6.07, 6.45) is 2.75. The first-order valence-electron chi connectivity index (χ1n) is 5.52. The zero-order valence-electron chi connectivity index (χ0n) is 9.03. The second-order valence-electron chi connectivity index (χ2n) is 4.83. The Labute approximate surface area is 89.3 Å². The Morgan fingerprint density at radius 1 is 1.27 bits per heavy atom. The van der Waals surface area contributed by atoms with Crippen molar-refractivity contribution in [3.63, 3.8) is 0 Å². The van der Waals surface area contributed by atoms with E-state index in [1.165, 1.54) is 0 Å². The number of ketones is 1. The Morgan fingerprint density at radius 3 is 2.20 bits per heavy atom. The van der Waals surface area contributed by atoms with Gasteiger partial charge < -0.3 is 10.0 Å². The van der Waals surface area contributed by atoms with Gasteiger partial charge in [-0.1, -0.05) is 0 Å². The third-order valence-electron chi connectivity index (χ3n) is 3.72. The van der Waals surface area contributed by atoms with Crippen molar-refractivity contribution < 1.29 is 14.7 Å². The van der Waals surface area contributed by atoms with E-state index >= 15 is 0 Å². The summed E-state index contributed by atoms with van der Waals surface area (Å²) in [5.41, 5.74) is -0.986. The number of piperidine rings is 1. The van der Waals surface area contributed by atoms with E-state index in [9.17, 15) is 9.59 Å². The monoisotopic (exact) mass is 211 g/mol. The summed E-state index contributed by atoms with van der Waals surface area (Å²) in [5.74, 6) is -0.936. The van der Waals surface area contributed by atoms with Crippen molar-refractivity contribution in [2.45, 2.75) is 25.7 Å². The van der Waals surface area contributed by atoms with Gasteiger partial charge in [0.2, 0.25) is 0 Å². The van der Waals surface area contributed by atoms with Crippen LogP contribution in [0.1, 0.15) is 25.7 Å². The number of carbonyl (C=O) groups is 2. The molecule has 0 spiro atoms. The highest BCUT2D eigenvalue weighted by Crippen LogP contribution is 2.49. The quantitative estimate of drug-likeness (QED) is 0.700. The van der Waals surface area contributed by atoms with Crippen molar-refractivity contribution in [1.29, 1.82) is 0 Å². The number of hydrogen-bond acceptors (Lipinski definition) is 3. The highest BCUT2D eigenvalue weighted by atomic mass is 16.4. The molecule has 84 valence electrons. The third-order valence-corrected chi connectivity index (χ3v) is 3.72. The van der Waals surface area contributed by atoms with Crippen molar-refractivity contribution >= 4 is 11.8 Å². The van der Waals surface area contributed by atoms with E-state index in [0.29, 0.717) is 12.8 Å². The van der Waals surface area contributed by atoms with E-state index < -0.39 is 11.4 Å². The summed E-state index contributed by atoms with van der Waals surface area (Å²) in [6.45, 7) is 1.82. The average Bonchev–Trinajstić information content (AvgIpc) is 2.98. The lowest BCUT2D eigenvalue weighted by Crippen LogP contribution is -2.38. The molecule has 2 rings (SSSR count). The molecule has 1 aliphatic heterocycles. The molecule has 4 nitrogen and oxygen atoms in total. The molecular weight excluding hydrogens is 194 g/mol. The molecule has 0 amide bonds. The number of likely N-dealkylation sites (tertiary alicyclic amines) is 1. The van der Waals surface area contributed by atoms with E-state index in [0.717, 1.165) is 25.9 Å². The molecule has 15 heavy (non-hydrogen) atoms. The Morgan fingerprint density at radius 2 is 1.80 bits per heavy atom. The highest BCUT2D eigenvalue weighted by Gasteiger charge is 2.58. The zero-order valence-corrected chi connectivity index (χ0v) is 9.03. The number of hydrogen-bond donors (Lipinski definition) is 1. The van der Waals surface area contributed by atoms with E-state index in [4.69, 9.17) is 5.11 Å². The third kappa shape index (κ3) is 1.78. The molecule has 0 bridgehead atoms. The standard InChI is InChI=1S/C11H17NO3/c1-12-6-2-8(3-7-12)9(13)11(4-5-11)10(14)15/h8H,2-7H2,1H3,(H,14,15). The fraction of sp³-hybridized carbons (Fsp3) is 0.818. The Balaban J connectivity index is 2.00. The van der Waals surface area contributed by atoms with Crippen LogP contribution < -0.4 is 0 Å². The summed E-state index contributed by atoms with van der Waals surface area (Å²) in [4.78, 5) is 25.2. The Kier molecular flexibility index (Phi) is 2.54. The molecule has 1 N–H and O–H groups in total. The fourth-order valence-electron chi connectivity index (χ4n) is 2.35. The number of carboxylic acids is 1. The van der Waals surface area contributed by atoms with Crippen molar-refractivity contribution in [2.24, 2.45) is 11.3 Å². The van der Waals surface area contributed by atoms with Gasteiger partial charge in [-0.05, 0) is 45.8 Å². The van der Waals surface area contributed by atoms with Crippen LogP contribution in [-0.2, 0) is 9.59 Å². The lowest BCUT2D eigenvalue weighted by Gasteiger charge is -2.29. The van der Waals surface area contributed by atoms with E-state index in [1.54, 1.807) is 0 Å². The molecule has 1 saturated carbocycles. The minimum absolute atomic E-state index is 0.0110. The van der Waals surface area contributed by atoms with Gasteiger partial charge in [0.1, 0.15) is 5.41 Å². The lowest BCUT2D eigenvalue weighted by atomic mass is 9.84. The van der Waals surface area contributed by atoms with Crippen LogP contribution in [0.2, 0.25) is 0 Å². The Hall–Kier alpha value is -0.900. The van der Waals surface area contributed by atoms with Gasteiger partial charge >= 0.3 is 5.97 Å². The zero-order chi connectivity index (χ0) is 11.1. The van der Waals surface area contributed by atoms with Crippen LogP contribution in [0.4, 0.5) is 0 Å². The molecule has 0 radical (unpaired) electrons. The van der Waals surface area contributed by atoms with Crippen LogP contribution in [0.3, 0.4) is 0 Å². The highest BCUT2D eigenvalue weighted by molar-refractivity contribution is 6.06. The van der Waals surface area contributed by atoms with Crippen LogP contribution in [0, 0.1) is 11.3 Å². The van der Waals surface area contributed by atoms with E-state index in [-0.39, 0.29) is 11.7 Å². The number of aliphatic carboxylic acids is 1. The van der Waals surface area contributed by atoms with Crippen molar-refractivity contribution in [3.8, 4) is 0 Å². The van der Waals surface area contributed by atoms with Gasteiger partial charge in [-0.25, -0.2) is 0 Å². The molecule has 0 atom stereocenters. The van der Waals surface area contributed by atoms with Crippen molar-refractivity contribution in [1.82, 2.24) is 4.90 Å². The maximum atomic E-state index is 12.0. The maximum absolute atomic E-state index is 12.0. The predicted octanol–water partition coefficient (Wildman–Crippen LogP) is 0.762. The first kappa shape index (κ1) is 10.6. The molecule has 2 fully saturated rings. The molecule has 0 aromatic heterocycles. The molecule has 0 aromatic rings. The Bertz CT molecular complexity index is 288. The molecule has 0 unspecified atom stereocenters. The molecule has 2 aliphatic rings. The maximum Gasteiger partial charge on any atom is 0.317 e. The number of carbonyl (C=O) groups excluding carboxylic acids is 1. The molecule has 1 aliphatic carbocycles. The second kappa shape index (κ2) is 3.59. The molecular formula is C11H17NO3. The SMILES string of the molecule is CN1CCC(C(=O)C2(C(=O)O)CC2)CC1. The molecule has 0 aromatic carbocycles. The normalized spacial score (nSPS) is 26.2. The largest absolute Gasteiger partial charge is 0.480 e. The van der Waals surface area contributed by atoms with Gasteiger partial charge in [-0.3, -0.25) is 9.59 Å². The summed E-state index contributed by atoms with van der Waals surface area (Å²) in [6, 6.07) is 0. The van der Waals surface area contributed by atoms with Gasteiger partial charge in [0.15, 0.2) is 5.78 Å². The average molecular weight is 211 g/mol. The number of carboxylic acid groups (broad SMARTS) is 1. The minimum atomic E-state index is -0.986. The number of rotatable bonds is 3. The van der Waals surface area contributed by atoms with Gasteiger partial charge in [-0.2, -0.15) is 0 Å². The van der Waals surface area contributed by atoms with Crippen LogP contribution in [-0.4, -0.2) is 41.9 Å². The summed E-state index contributed by atoms with van der Waals surface area (Å²) < 4.78 is 0. The van der Waals surface area contributed by atoms with Gasteiger partial charge in [0.05, 0.1) is 0 Å². The summed E-state index contributed by atoms with van der Waals surface area (Å²) in [7, 11) is 2.03. The van der Waals surface area contributed by atoms with Crippen LogP contribution in [0.15, 0.2) is 0 Å². The topological polar surface area (TPSA) is 57.6 Å². The molecule has 1 heterocycles. The number of Topliss-reactive ketones (excluding diaryl/α,β-unsaturated/α-hetero) is 1. The van der Waals surface area contributed by atoms with Crippen LogP contribution >= 0.6 is 0 Å². The first-order chi connectivity index (χ1) is 7.06. The van der Waals surface area contributed by atoms with Crippen molar-refractivity contribution in [2.75, 3.05) is 20.1 Å². The predicted molar refractivity (Wildman–Crippen MR) is 54.5 cm³/mol. The molecule has 4 heteroatoms. The lowest BCUT2D eigenvalue weighted by molar-refractivity contribution is -0.150. The van der Waals surface area contributed by atoms with E-state index in [1.807, 2.05) is 7.05 Å². The van der Waals surface area contributed by atoms with Gasteiger partial charge in [-0.15, -0.1) is 0 Å². The summed E-state index contributed by atoms with van der Waals surface area (Å²) >= 11 is 0. The van der Waals surface area contributed by atoms with Gasteiger partial charge in [0.25, 0.3) is 0 Å². The fourth-order valence-corrected chi connectivity index (χ4v) is 2.35. The minimum Gasteiger partial charge on any atom is -0.480 e. The van der Waals surface area contributed by atoms with Crippen LogP contribution in [0.5, 0.6) is 0 Å². The number of nitrogens with zero attached hydrogens (tertiary/aromatic N) is 1. The molecule has 1 saturated heterocycles.